The van der Waals surface area contributed by atoms with Gasteiger partial charge < -0.3 is 4.74 Å². The van der Waals surface area contributed by atoms with E-state index in [0.717, 1.165) is 12.3 Å². The molecule has 2 heteroatoms. The van der Waals surface area contributed by atoms with Crippen LogP contribution in [0.25, 0.3) is 0 Å². The maximum Gasteiger partial charge on any atom is 0.330 e. The van der Waals surface area contributed by atoms with Crippen LogP contribution in [0.15, 0.2) is 11.6 Å². The lowest BCUT2D eigenvalue weighted by molar-refractivity contribution is -0.137. The van der Waals surface area contributed by atoms with E-state index < -0.39 is 0 Å². The van der Waals surface area contributed by atoms with E-state index in [1.54, 1.807) is 6.08 Å². The van der Waals surface area contributed by atoms with Crippen LogP contribution < -0.4 is 0 Å². The van der Waals surface area contributed by atoms with E-state index in [1.165, 1.54) is 24.8 Å². The summed E-state index contributed by atoms with van der Waals surface area (Å²) in [7, 11) is 0. The van der Waals surface area contributed by atoms with E-state index in [-0.39, 0.29) is 5.97 Å². The first-order chi connectivity index (χ1) is 6.29. The Morgan fingerprint density at radius 2 is 2.46 bits per heavy atom. The van der Waals surface area contributed by atoms with Crippen LogP contribution in [0.2, 0.25) is 0 Å². The first-order valence-corrected chi connectivity index (χ1v) is 5.16. The maximum absolute atomic E-state index is 11.2. The highest BCUT2D eigenvalue weighted by Crippen LogP contribution is 2.47. The maximum atomic E-state index is 11.2. The number of allylic oxidation sites excluding steroid dienone is 1. The van der Waals surface area contributed by atoms with Crippen molar-refractivity contribution >= 4 is 5.97 Å². The van der Waals surface area contributed by atoms with Crippen molar-refractivity contribution in [3.8, 4) is 0 Å². The van der Waals surface area contributed by atoms with E-state index in [2.05, 4.69) is 0 Å². The van der Waals surface area contributed by atoms with E-state index in [4.69, 9.17) is 4.74 Å². The Balaban J connectivity index is 1.97. The molecule has 0 radical (unpaired) electrons. The second-order valence-corrected chi connectivity index (χ2v) is 4.05. The molecule has 0 aromatic heterocycles. The quantitative estimate of drug-likeness (QED) is 0.481. The van der Waals surface area contributed by atoms with Gasteiger partial charge in [-0.3, -0.25) is 0 Å². The molecule has 2 bridgehead atoms. The molecule has 2 aliphatic rings. The molecule has 0 amide bonds. The number of hydrogen-bond donors (Lipinski definition) is 0. The van der Waals surface area contributed by atoms with E-state index in [0.29, 0.717) is 12.5 Å². The van der Waals surface area contributed by atoms with Crippen LogP contribution >= 0.6 is 0 Å². The minimum atomic E-state index is -0.148. The third-order valence-electron chi connectivity index (χ3n) is 3.18. The summed E-state index contributed by atoms with van der Waals surface area (Å²) in [5, 5.41) is 0. The fraction of sp³-hybridized carbons (Fsp3) is 0.727. The zero-order chi connectivity index (χ0) is 9.26. The molecule has 2 fully saturated rings. The molecule has 0 heterocycles. The fourth-order valence-corrected chi connectivity index (χ4v) is 2.61. The molecule has 0 spiro atoms. The molecule has 2 unspecified atom stereocenters. The van der Waals surface area contributed by atoms with Crippen molar-refractivity contribution in [2.75, 3.05) is 6.61 Å². The Labute approximate surface area is 79.0 Å². The Morgan fingerprint density at radius 1 is 1.62 bits per heavy atom. The van der Waals surface area contributed by atoms with Gasteiger partial charge in [-0.15, -0.1) is 0 Å². The van der Waals surface area contributed by atoms with Crippen LogP contribution in [-0.4, -0.2) is 12.6 Å². The largest absolute Gasteiger partial charge is 0.463 e. The summed E-state index contributed by atoms with van der Waals surface area (Å²) >= 11 is 0. The molecular formula is C11H16O2. The lowest BCUT2D eigenvalue weighted by Gasteiger charge is -2.12. The lowest BCUT2D eigenvalue weighted by atomic mass is 9.94. The van der Waals surface area contributed by atoms with Crippen molar-refractivity contribution in [1.29, 1.82) is 0 Å². The first-order valence-electron chi connectivity index (χ1n) is 5.16. The number of esters is 1. The minimum absolute atomic E-state index is 0.148. The third kappa shape index (κ3) is 1.77. The van der Waals surface area contributed by atoms with Crippen molar-refractivity contribution in [2.24, 2.45) is 11.8 Å². The second-order valence-electron chi connectivity index (χ2n) is 4.05. The fourth-order valence-electron chi connectivity index (χ4n) is 2.61. The molecule has 2 rings (SSSR count). The van der Waals surface area contributed by atoms with Gasteiger partial charge in [0, 0.05) is 6.08 Å². The molecule has 0 aliphatic heterocycles. The number of carbonyl (C=O) groups is 1. The van der Waals surface area contributed by atoms with Crippen molar-refractivity contribution in [3.63, 3.8) is 0 Å². The molecule has 2 nitrogen and oxygen atoms in total. The van der Waals surface area contributed by atoms with Gasteiger partial charge in [0.2, 0.25) is 0 Å². The molecule has 2 aliphatic carbocycles. The molecular weight excluding hydrogens is 164 g/mol. The number of ether oxygens (including phenoxy) is 1. The highest BCUT2D eigenvalue weighted by Gasteiger charge is 2.35. The van der Waals surface area contributed by atoms with Gasteiger partial charge in [-0.05, 0) is 44.4 Å². The van der Waals surface area contributed by atoms with E-state index in [9.17, 15) is 4.79 Å². The van der Waals surface area contributed by atoms with Crippen LogP contribution in [-0.2, 0) is 9.53 Å². The van der Waals surface area contributed by atoms with Crippen LogP contribution in [0, 0.1) is 11.8 Å². The Morgan fingerprint density at radius 3 is 3.00 bits per heavy atom. The zero-order valence-corrected chi connectivity index (χ0v) is 8.08. The van der Waals surface area contributed by atoms with Crippen LogP contribution in [0.1, 0.15) is 32.6 Å². The summed E-state index contributed by atoms with van der Waals surface area (Å²) in [4.78, 5) is 11.2. The second kappa shape index (κ2) is 3.52. The summed E-state index contributed by atoms with van der Waals surface area (Å²) in [6.07, 6.45) is 6.84. The van der Waals surface area contributed by atoms with Crippen LogP contribution in [0.3, 0.4) is 0 Å². The van der Waals surface area contributed by atoms with E-state index in [1.807, 2.05) is 6.92 Å². The molecule has 13 heavy (non-hydrogen) atoms. The van der Waals surface area contributed by atoms with E-state index >= 15 is 0 Å². The summed E-state index contributed by atoms with van der Waals surface area (Å²) in [6, 6.07) is 0. The number of hydrogen-bond acceptors (Lipinski definition) is 2. The number of carbonyl (C=O) groups excluding carboxylic acids is 1. The SMILES string of the molecule is CCOC(=O)/C=C1/CC2CCC1C2. The van der Waals surface area contributed by atoms with Gasteiger partial charge in [-0.25, -0.2) is 4.79 Å². The predicted octanol–water partition coefficient (Wildman–Crippen LogP) is 2.30. The van der Waals surface area contributed by atoms with Crippen molar-refractivity contribution in [1.82, 2.24) is 0 Å². The predicted molar refractivity (Wildman–Crippen MR) is 50.2 cm³/mol. The highest BCUT2D eigenvalue weighted by molar-refractivity contribution is 5.83. The minimum Gasteiger partial charge on any atom is -0.463 e. The normalized spacial score (nSPS) is 34.1. The van der Waals surface area contributed by atoms with Crippen LogP contribution in [0.4, 0.5) is 0 Å². The highest BCUT2D eigenvalue weighted by atomic mass is 16.5. The van der Waals surface area contributed by atoms with Crippen LogP contribution in [0.5, 0.6) is 0 Å². The molecule has 72 valence electrons. The van der Waals surface area contributed by atoms with Gasteiger partial charge in [0.15, 0.2) is 0 Å². The zero-order valence-electron chi connectivity index (χ0n) is 8.08. The van der Waals surface area contributed by atoms with Gasteiger partial charge in [0.05, 0.1) is 6.61 Å². The van der Waals surface area contributed by atoms with Gasteiger partial charge in [-0.2, -0.15) is 0 Å². The summed E-state index contributed by atoms with van der Waals surface area (Å²) < 4.78 is 4.90. The molecule has 0 saturated heterocycles. The number of rotatable bonds is 2. The van der Waals surface area contributed by atoms with Gasteiger partial charge in [-0.1, -0.05) is 5.57 Å². The Bertz CT molecular complexity index is 242. The Hall–Kier alpha value is -0.790. The average molecular weight is 180 g/mol. The summed E-state index contributed by atoms with van der Waals surface area (Å²) in [6.45, 7) is 2.33. The molecule has 2 atom stereocenters. The summed E-state index contributed by atoms with van der Waals surface area (Å²) in [5.74, 6) is 1.42. The molecule has 0 N–H and O–H groups in total. The first kappa shape index (κ1) is 8.79. The van der Waals surface area contributed by atoms with Crippen molar-refractivity contribution in [2.45, 2.75) is 32.6 Å². The lowest BCUT2D eigenvalue weighted by Crippen LogP contribution is -2.05. The van der Waals surface area contributed by atoms with Gasteiger partial charge in [0.25, 0.3) is 0 Å². The van der Waals surface area contributed by atoms with Crippen molar-refractivity contribution < 1.29 is 9.53 Å². The smallest absolute Gasteiger partial charge is 0.330 e. The summed E-state index contributed by atoms with van der Waals surface area (Å²) in [5.41, 5.74) is 1.34. The topological polar surface area (TPSA) is 26.3 Å². The van der Waals surface area contributed by atoms with Crippen molar-refractivity contribution in [3.05, 3.63) is 11.6 Å². The standard InChI is InChI=1S/C11H16O2/c1-2-13-11(12)7-10-6-8-3-4-9(10)5-8/h7-9H,2-6H2,1H3/b10-7-. The average Bonchev–Trinajstić information content (AvgIpc) is 2.65. The van der Waals surface area contributed by atoms with Gasteiger partial charge >= 0.3 is 5.97 Å². The monoisotopic (exact) mass is 180 g/mol. The van der Waals surface area contributed by atoms with Gasteiger partial charge in [0.1, 0.15) is 0 Å². The molecule has 0 aromatic rings. The number of fused-ring (bicyclic) bond motifs is 2. The molecule has 2 saturated carbocycles. The Kier molecular flexibility index (Phi) is 2.38. The third-order valence-corrected chi connectivity index (χ3v) is 3.18. The molecule has 0 aromatic carbocycles.